The standard InChI is InChI=1S/C19H19ClF3N3O/c1-12-6-8-26(9-7-12)14-3-5-17(24-11-14)18(27)25-13-2-4-16(20)15(10-13)19(21,22)23/h2-5,10-12H,6-9H2,1H3,(H,25,27). The number of nitrogens with zero attached hydrogens (tertiary/aromatic N) is 2. The van der Waals surface area contributed by atoms with E-state index in [0.29, 0.717) is 5.92 Å². The van der Waals surface area contributed by atoms with E-state index in [4.69, 9.17) is 11.6 Å². The van der Waals surface area contributed by atoms with Gasteiger partial charge in [0.15, 0.2) is 0 Å². The molecule has 0 aliphatic carbocycles. The average Bonchev–Trinajstić information content (AvgIpc) is 2.63. The van der Waals surface area contributed by atoms with Crippen molar-refractivity contribution in [2.45, 2.75) is 25.9 Å². The van der Waals surface area contributed by atoms with E-state index in [1.807, 2.05) is 0 Å². The number of pyridine rings is 1. The average molecular weight is 398 g/mol. The lowest BCUT2D eigenvalue weighted by atomic mass is 9.99. The van der Waals surface area contributed by atoms with Crippen LogP contribution in [0.4, 0.5) is 24.5 Å². The molecule has 1 fully saturated rings. The van der Waals surface area contributed by atoms with Crippen LogP contribution in [0.2, 0.25) is 5.02 Å². The molecule has 1 aromatic carbocycles. The molecule has 4 nitrogen and oxygen atoms in total. The quantitative estimate of drug-likeness (QED) is 0.770. The Morgan fingerprint density at radius 2 is 1.93 bits per heavy atom. The van der Waals surface area contributed by atoms with Gasteiger partial charge in [-0.05, 0) is 49.1 Å². The van der Waals surface area contributed by atoms with Crippen LogP contribution in [0.25, 0.3) is 0 Å². The molecule has 0 atom stereocenters. The molecule has 2 heterocycles. The molecule has 0 spiro atoms. The predicted octanol–water partition coefficient (Wildman–Crippen LogP) is 5.24. The summed E-state index contributed by atoms with van der Waals surface area (Å²) >= 11 is 5.58. The van der Waals surface area contributed by atoms with Crippen molar-refractivity contribution < 1.29 is 18.0 Å². The minimum atomic E-state index is -4.59. The fourth-order valence-electron chi connectivity index (χ4n) is 2.99. The minimum Gasteiger partial charge on any atom is -0.370 e. The van der Waals surface area contributed by atoms with Crippen LogP contribution in [0.5, 0.6) is 0 Å². The maximum atomic E-state index is 12.9. The third kappa shape index (κ3) is 4.71. The molecule has 1 aliphatic rings. The minimum absolute atomic E-state index is 0.00706. The first-order valence-corrected chi connectivity index (χ1v) is 9.01. The van der Waals surface area contributed by atoms with Gasteiger partial charge in [-0.2, -0.15) is 13.2 Å². The van der Waals surface area contributed by atoms with Gasteiger partial charge >= 0.3 is 6.18 Å². The van der Waals surface area contributed by atoms with Gasteiger partial charge in [0.05, 0.1) is 22.5 Å². The molecule has 1 aliphatic heterocycles. The number of carbonyl (C=O) groups excluding carboxylic acids is 1. The van der Waals surface area contributed by atoms with Crippen LogP contribution < -0.4 is 10.2 Å². The smallest absolute Gasteiger partial charge is 0.370 e. The Labute approximate surface area is 160 Å². The van der Waals surface area contributed by atoms with Gasteiger partial charge in [0.25, 0.3) is 5.91 Å². The summed E-state index contributed by atoms with van der Waals surface area (Å²) in [6, 6.07) is 6.61. The van der Waals surface area contributed by atoms with Crippen LogP contribution in [0, 0.1) is 5.92 Å². The Hall–Kier alpha value is -2.28. The van der Waals surface area contributed by atoms with Gasteiger partial charge in [-0.25, -0.2) is 4.98 Å². The zero-order valence-corrected chi connectivity index (χ0v) is 15.4. The van der Waals surface area contributed by atoms with Crippen LogP contribution in [-0.2, 0) is 6.18 Å². The lowest BCUT2D eigenvalue weighted by Crippen LogP contribution is -2.32. The van der Waals surface area contributed by atoms with Crippen molar-refractivity contribution in [1.82, 2.24) is 4.98 Å². The molecule has 1 saturated heterocycles. The Kier molecular flexibility index (Phi) is 5.60. The Balaban J connectivity index is 1.70. The van der Waals surface area contributed by atoms with E-state index in [1.165, 1.54) is 6.07 Å². The van der Waals surface area contributed by atoms with Gasteiger partial charge in [-0.1, -0.05) is 18.5 Å². The van der Waals surface area contributed by atoms with Gasteiger partial charge in [0.1, 0.15) is 5.69 Å². The van der Waals surface area contributed by atoms with E-state index < -0.39 is 22.7 Å². The largest absolute Gasteiger partial charge is 0.417 e. The van der Waals surface area contributed by atoms with Crippen LogP contribution in [0.3, 0.4) is 0 Å². The molecular weight excluding hydrogens is 379 g/mol. The second-order valence-corrected chi connectivity index (χ2v) is 7.12. The number of aromatic nitrogens is 1. The normalized spacial score (nSPS) is 15.7. The lowest BCUT2D eigenvalue weighted by molar-refractivity contribution is -0.137. The van der Waals surface area contributed by atoms with Crippen molar-refractivity contribution in [1.29, 1.82) is 0 Å². The van der Waals surface area contributed by atoms with E-state index in [0.717, 1.165) is 43.8 Å². The second kappa shape index (κ2) is 7.76. The molecule has 2 aromatic rings. The highest BCUT2D eigenvalue weighted by Crippen LogP contribution is 2.36. The maximum Gasteiger partial charge on any atom is 0.417 e. The van der Waals surface area contributed by atoms with Gasteiger partial charge < -0.3 is 10.2 Å². The van der Waals surface area contributed by atoms with Crippen LogP contribution in [0.1, 0.15) is 35.8 Å². The van der Waals surface area contributed by atoms with Crippen molar-refractivity contribution in [3.05, 3.63) is 52.8 Å². The van der Waals surface area contributed by atoms with E-state index in [9.17, 15) is 18.0 Å². The highest BCUT2D eigenvalue weighted by Gasteiger charge is 2.33. The fourth-order valence-corrected chi connectivity index (χ4v) is 3.21. The van der Waals surface area contributed by atoms with Crippen molar-refractivity contribution >= 4 is 28.9 Å². The molecule has 0 bridgehead atoms. The van der Waals surface area contributed by atoms with E-state index in [2.05, 4.69) is 22.1 Å². The SMILES string of the molecule is CC1CCN(c2ccc(C(=O)Nc3ccc(Cl)c(C(F)(F)F)c3)nc2)CC1. The first-order valence-electron chi connectivity index (χ1n) is 8.63. The Morgan fingerprint density at radius 1 is 1.22 bits per heavy atom. The molecular formula is C19H19ClF3N3O. The number of nitrogens with one attached hydrogen (secondary N) is 1. The number of piperidine rings is 1. The monoisotopic (exact) mass is 397 g/mol. The number of hydrogen-bond donors (Lipinski definition) is 1. The first-order chi connectivity index (χ1) is 12.7. The van der Waals surface area contributed by atoms with Crippen molar-refractivity contribution in [3.8, 4) is 0 Å². The number of alkyl halides is 3. The summed E-state index contributed by atoms with van der Waals surface area (Å²) in [5, 5.41) is 2.01. The Morgan fingerprint density at radius 3 is 2.52 bits per heavy atom. The summed E-state index contributed by atoms with van der Waals surface area (Å²) in [6.07, 6.45) is -0.752. The van der Waals surface area contributed by atoms with Gasteiger partial charge in [-0.3, -0.25) is 4.79 Å². The van der Waals surface area contributed by atoms with E-state index in [-0.39, 0.29) is 11.4 Å². The number of carbonyl (C=O) groups is 1. The van der Waals surface area contributed by atoms with Crippen LogP contribution in [0.15, 0.2) is 36.5 Å². The molecule has 3 rings (SSSR count). The van der Waals surface area contributed by atoms with Crippen LogP contribution >= 0.6 is 11.6 Å². The summed E-state index contributed by atoms with van der Waals surface area (Å²) in [5.41, 5.74) is 0.0779. The molecule has 1 aromatic heterocycles. The summed E-state index contributed by atoms with van der Waals surface area (Å²) in [7, 11) is 0. The number of anilines is 2. The highest BCUT2D eigenvalue weighted by atomic mass is 35.5. The Bertz CT molecular complexity index is 816. The molecule has 144 valence electrons. The number of halogens is 4. The zero-order valence-electron chi connectivity index (χ0n) is 14.7. The van der Waals surface area contributed by atoms with E-state index >= 15 is 0 Å². The molecule has 0 saturated carbocycles. The summed E-state index contributed by atoms with van der Waals surface area (Å²) < 4.78 is 38.8. The third-order valence-corrected chi connectivity index (χ3v) is 4.99. The van der Waals surface area contributed by atoms with Crippen molar-refractivity contribution in [2.24, 2.45) is 5.92 Å². The molecule has 1 amide bonds. The topological polar surface area (TPSA) is 45.2 Å². The maximum absolute atomic E-state index is 12.9. The third-order valence-electron chi connectivity index (χ3n) is 4.66. The summed E-state index contributed by atoms with van der Waals surface area (Å²) in [6.45, 7) is 4.11. The van der Waals surface area contributed by atoms with Gasteiger partial charge in [-0.15, -0.1) is 0 Å². The molecule has 8 heteroatoms. The number of amides is 1. The predicted molar refractivity (Wildman–Crippen MR) is 99.3 cm³/mol. The fraction of sp³-hybridized carbons (Fsp3) is 0.368. The highest BCUT2D eigenvalue weighted by molar-refractivity contribution is 6.31. The van der Waals surface area contributed by atoms with Crippen LogP contribution in [-0.4, -0.2) is 24.0 Å². The number of rotatable bonds is 3. The molecule has 0 unspecified atom stereocenters. The van der Waals surface area contributed by atoms with Gasteiger partial charge in [0.2, 0.25) is 0 Å². The lowest BCUT2D eigenvalue weighted by Gasteiger charge is -2.31. The van der Waals surface area contributed by atoms with Crippen molar-refractivity contribution in [3.63, 3.8) is 0 Å². The second-order valence-electron chi connectivity index (χ2n) is 6.72. The summed E-state index contributed by atoms with van der Waals surface area (Å²) in [4.78, 5) is 18.7. The molecule has 27 heavy (non-hydrogen) atoms. The first kappa shape index (κ1) is 19.5. The van der Waals surface area contributed by atoms with Gasteiger partial charge in [0, 0.05) is 18.8 Å². The molecule has 0 radical (unpaired) electrons. The summed E-state index contributed by atoms with van der Waals surface area (Å²) in [5.74, 6) is 0.129. The number of benzene rings is 1. The zero-order chi connectivity index (χ0) is 19.6. The van der Waals surface area contributed by atoms with E-state index in [1.54, 1.807) is 18.3 Å². The van der Waals surface area contributed by atoms with Crippen molar-refractivity contribution in [2.75, 3.05) is 23.3 Å². The molecule has 1 N–H and O–H groups in total. The number of hydrogen-bond acceptors (Lipinski definition) is 3.